The number of aliphatic hydroxyl groups is 2. The Balaban J connectivity index is 2.34. The van der Waals surface area contributed by atoms with Crippen LogP contribution in [0.2, 0.25) is 0 Å². The van der Waals surface area contributed by atoms with Crippen molar-refractivity contribution in [3.63, 3.8) is 0 Å². The van der Waals surface area contributed by atoms with E-state index in [1.54, 1.807) is 4.90 Å². The van der Waals surface area contributed by atoms with E-state index in [4.69, 9.17) is 9.47 Å². The Kier molecular flexibility index (Phi) is 7.10. The van der Waals surface area contributed by atoms with Crippen LogP contribution in [-0.4, -0.2) is 57.4 Å². The summed E-state index contributed by atoms with van der Waals surface area (Å²) in [6.45, 7) is 12.7. The molecule has 1 saturated heterocycles. The van der Waals surface area contributed by atoms with Gasteiger partial charge < -0.3 is 19.7 Å². The molecule has 1 aliphatic carbocycles. The van der Waals surface area contributed by atoms with Gasteiger partial charge in [-0.25, -0.2) is 4.79 Å². The van der Waals surface area contributed by atoms with E-state index in [9.17, 15) is 15.0 Å². The zero-order chi connectivity index (χ0) is 21.3. The van der Waals surface area contributed by atoms with Crippen LogP contribution in [0.1, 0.15) is 87.0 Å². The molecular formula is C22H41NO5. The number of nitrogens with zero attached hydrogens (tertiary/aromatic N) is 1. The Morgan fingerprint density at radius 2 is 1.75 bits per heavy atom. The van der Waals surface area contributed by atoms with Crippen LogP contribution in [0, 0.1) is 11.3 Å². The highest BCUT2D eigenvalue weighted by Crippen LogP contribution is 2.42. The molecule has 0 aromatic rings. The molecule has 1 aliphatic heterocycles. The zero-order valence-electron chi connectivity index (χ0n) is 18.8. The molecule has 164 valence electrons. The lowest BCUT2D eigenvalue weighted by Crippen LogP contribution is -2.53. The van der Waals surface area contributed by atoms with Gasteiger partial charge in [0, 0.05) is 5.41 Å². The quantitative estimate of drug-likeness (QED) is 0.728. The van der Waals surface area contributed by atoms with E-state index in [-0.39, 0.29) is 12.6 Å². The molecule has 0 radical (unpaired) electrons. The topological polar surface area (TPSA) is 79.2 Å². The van der Waals surface area contributed by atoms with Gasteiger partial charge in [-0.2, -0.15) is 0 Å². The standard InChI is InChI=1S/C22H41NO5/c1-20(2,3)28-19(26)23-16(13-15-11-9-8-10-12-15)17(27-22(23,6)7)18(25)21(4,5)14-24/h15-18,24-25H,8-14H2,1-7H3/t16-,17+,18+/m0/s1. The molecule has 0 aromatic carbocycles. The lowest BCUT2D eigenvalue weighted by Gasteiger charge is -2.38. The molecule has 2 aliphatic rings. The molecule has 1 saturated carbocycles. The summed E-state index contributed by atoms with van der Waals surface area (Å²) in [4.78, 5) is 14.8. The van der Waals surface area contributed by atoms with E-state index in [2.05, 4.69) is 0 Å². The van der Waals surface area contributed by atoms with Gasteiger partial charge in [0.05, 0.1) is 18.8 Å². The molecule has 3 atom stereocenters. The Hall–Kier alpha value is -0.850. The van der Waals surface area contributed by atoms with Gasteiger partial charge in [0.1, 0.15) is 17.4 Å². The summed E-state index contributed by atoms with van der Waals surface area (Å²) in [5.74, 6) is 0.508. The van der Waals surface area contributed by atoms with Gasteiger partial charge in [0.25, 0.3) is 0 Å². The molecule has 6 heteroatoms. The van der Waals surface area contributed by atoms with Gasteiger partial charge >= 0.3 is 6.09 Å². The van der Waals surface area contributed by atoms with Crippen molar-refractivity contribution in [2.45, 2.75) is 117 Å². The number of hydrogen-bond acceptors (Lipinski definition) is 5. The summed E-state index contributed by atoms with van der Waals surface area (Å²) < 4.78 is 12.0. The van der Waals surface area contributed by atoms with Crippen LogP contribution in [-0.2, 0) is 9.47 Å². The molecule has 2 rings (SSSR count). The Labute approximate surface area is 170 Å². The highest BCUT2D eigenvalue weighted by atomic mass is 16.6. The normalized spacial score (nSPS) is 27.7. The summed E-state index contributed by atoms with van der Waals surface area (Å²) in [7, 11) is 0. The second-order valence-electron chi connectivity index (χ2n) is 10.8. The fourth-order valence-electron chi connectivity index (χ4n) is 4.50. The van der Waals surface area contributed by atoms with Crippen molar-refractivity contribution in [1.82, 2.24) is 4.90 Å². The predicted molar refractivity (Wildman–Crippen MR) is 109 cm³/mol. The molecule has 6 nitrogen and oxygen atoms in total. The molecule has 0 bridgehead atoms. The number of aliphatic hydroxyl groups excluding tert-OH is 2. The second-order valence-corrected chi connectivity index (χ2v) is 10.8. The van der Waals surface area contributed by atoms with Gasteiger partial charge in [-0.15, -0.1) is 0 Å². The molecule has 0 aromatic heterocycles. The number of ether oxygens (including phenoxy) is 2. The van der Waals surface area contributed by atoms with E-state index in [0.717, 1.165) is 19.3 Å². The Morgan fingerprint density at radius 1 is 1.18 bits per heavy atom. The fraction of sp³-hybridized carbons (Fsp3) is 0.955. The van der Waals surface area contributed by atoms with Gasteiger partial charge in [0.15, 0.2) is 0 Å². The molecule has 0 spiro atoms. The van der Waals surface area contributed by atoms with Crippen molar-refractivity contribution < 1.29 is 24.5 Å². The van der Waals surface area contributed by atoms with E-state index in [1.807, 2.05) is 48.5 Å². The average Bonchev–Trinajstić information content (AvgIpc) is 2.84. The summed E-state index contributed by atoms with van der Waals surface area (Å²) >= 11 is 0. The van der Waals surface area contributed by atoms with Gasteiger partial charge in [-0.05, 0) is 47.0 Å². The summed E-state index contributed by atoms with van der Waals surface area (Å²) in [6.07, 6.45) is 4.90. The molecule has 2 fully saturated rings. The first-order valence-corrected chi connectivity index (χ1v) is 10.8. The maximum atomic E-state index is 13.1. The molecular weight excluding hydrogens is 358 g/mol. The first-order chi connectivity index (χ1) is 12.8. The number of hydrogen-bond donors (Lipinski definition) is 2. The monoisotopic (exact) mass is 399 g/mol. The minimum absolute atomic E-state index is 0.156. The van der Waals surface area contributed by atoms with E-state index < -0.39 is 35.0 Å². The maximum Gasteiger partial charge on any atom is 0.412 e. The van der Waals surface area contributed by atoms with Crippen LogP contribution in [0.15, 0.2) is 0 Å². The number of amides is 1. The highest BCUT2D eigenvalue weighted by Gasteiger charge is 2.55. The summed E-state index contributed by atoms with van der Waals surface area (Å²) in [5, 5.41) is 20.8. The van der Waals surface area contributed by atoms with Crippen LogP contribution in [0.25, 0.3) is 0 Å². The van der Waals surface area contributed by atoms with Crippen molar-refractivity contribution in [3.8, 4) is 0 Å². The third-order valence-electron chi connectivity index (χ3n) is 6.12. The molecule has 0 unspecified atom stereocenters. The first kappa shape index (κ1) is 23.4. The number of carbonyl (C=O) groups is 1. The zero-order valence-corrected chi connectivity index (χ0v) is 18.8. The van der Waals surface area contributed by atoms with Crippen molar-refractivity contribution in [2.24, 2.45) is 11.3 Å². The number of carbonyl (C=O) groups excluding carboxylic acids is 1. The predicted octanol–water partition coefficient (Wildman–Crippen LogP) is 4.08. The van der Waals surface area contributed by atoms with Crippen molar-refractivity contribution in [2.75, 3.05) is 6.61 Å². The van der Waals surface area contributed by atoms with Crippen molar-refractivity contribution in [3.05, 3.63) is 0 Å². The molecule has 28 heavy (non-hydrogen) atoms. The Bertz CT molecular complexity index is 534. The third-order valence-corrected chi connectivity index (χ3v) is 6.12. The minimum Gasteiger partial charge on any atom is -0.444 e. The van der Waals surface area contributed by atoms with Gasteiger partial charge in [0.2, 0.25) is 0 Å². The van der Waals surface area contributed by atoms with Crippen LogP contribution >= 0.6 is 0 Å². The van der Waals surface area contributed by atoms with Crippen molar-refractivity contribution >= 4 is 6.09 Å². The first-order valence-electron chi connectivity index (χ1n) is 10.8. The Morgan fingerprint density at radius 3 is 2.25 bits per heavy atom. The van der Waals surface area contributed by atoms with Crippen LogP contribution in [0.3, 0.4) is 0 Å². The smallest absolute Gasteiger partial charge is 0.412 e. The molecule has 2 N–H and O–H groups in total. The largest absolute Gasteiger partial charge is 0.444 e. The lowest BCUT2D eigenvalue weighted by atomic mass is 9.78. The van der Waals surface area contributed by atoms with E-state index in [1.165, 1.54) is 19.3 Å². The highest BCUT2D eigenvalue weighted by molar-refractivity contribution is 5.70. The van der Waals surface area contributed by atoms with Crippen LogP contribution in [0.4, 0.5) is 4.79 Å². The summed E-state index contributed by atoms with van der Waals surface area (Å²) in [6, 6.07) is -0.284. The summed E-state index contributed by atoms with van der Waals surface area (Å²) in [5.41, 5.74) is -2.22. The third kappa shape index (κ3) is 5.39. The fourth-order valence-corrected chi connectivity index (χ4v) is 4.50. The van der Waals surface area contributed by atoms with Crippen LogP contribution < -0.4 is 0 Å². The van der Waals surface area contributed by atoms with Gasteiger partial charge in [-0.3, -0.25) is 4.90 Å². The molecule has 1 heterocycles. The SMILES string of the molecule is CC(C)(C)OC(=O)N1[C@@H](CC2CCCCC2)[C@H]([C@@H](O)C(C)(C)CO)OC1(C)C. The second kappa shape index (κ2) is 8.49. The maximum absolute atomic E-state index is 13.1. The van der Waals surface area contributed by atoms with Gasteiger partial charge in [-0.1, -0.05) is 46.0 Å². The lowest BCUT2D eigenvalue weighted by molar-refractivity contribution is -0.132. The van der Waals surface area contributed by atoms with E-state index in [0.29, 0.717) is 5.92 Å². The average molecular weight is 400 g/mol. The number of rotatable bonds is 5. The van der Waals surface area contributed by atoms with Crippen LogP contribution in [0.5, 0.6) is 0 Å². The van der Waals surface area contributed by atoms with E-state index >= 15 is 0 Å². The van der Waals surface area contributed by atoms with Crippen molar-refractivity contribution in [1.29, 1.82) is 0 Å². The minimum atomic E-state index is -0.891. The molecule has 1 amide bonds.